The second kappa shape index (κ2) is 10.8. The van der Waals surface area contributed by atoms with Crippen molar-refractivity contribution < 1.29 is 18.7 Å². The van der Waals surface area contributed by atoms with Gasteiger partial charge in [0.2, 0.25) is 0 Å². The highest BCUT2D eigenvalue weighted by atomic mass is 19.1. The molecule has 1 atom stereocenters. The van der Waals surface area contributed by atoms with Crippen LogP contribution in [0.15, 0.2) is 24.3 Å². The molecule has 28 heavy (non-hydrogen) atoms. The first-order chi connectivity index (χ1) is 13.7. The van der Waals surface area contributed by atoms with E-state index in [1.165, 1.54) is 31.2 Å². The monoisotopic (exact) mass is 389 g/mol. The van der Waals surface area contributed by atoms with Crippen LogP contribution in [-0.4, -0.2) is 24.9 Å². The molecule has 0 N–H and O–H groups in total. The highest BCUT2D eigenvalue weighted by Gasteiger charge is 2.27. The van der Waals surface area contributed by atoms with E-state index >= 15 is 0 Å². The number of halogens is 1. The quantitative estimate of drug-likeness (QED) is 0.499. The largest absolute Gasteiger partial charge is 0.493 e. The molecule has 0 heterocycles. The van der Waals surface area contributed by atoms with Crippen LogP contribution in [0.25, 0.3) is 0 Å². The van der Waals surface area contributed by atoms with Crippen LogP contribution in [0.4, 0.5) is 4.39 Å². The topological polar surface area (TPSA) is 35.5 Å². The Labute approximate surface area is 169 Å². The van der Waals surface area contributed by atoms with Crippen molar-refractivity contribution in [1.82, 2.24) is 0 Å². The van der Waals surface area contributed by atoms with Crippen LogP contribution in [0.3, 0.4) is 0 Å². The lowest BCUT2D eigenvalue weighted by atomic mass is 9.84. The Morgan fingerprint density at radius 1 is 1.07 bits per heavy atom. The van der Waals surface area contributed by atoms with Crippen LogP contribution in [-0.2, 0) is 9.53 Å². The number of alkyl halides is 1. The smallest absolute Gasteiger partial charge is 0.340 e. The zero-order valence-corrected chi connectivity index (χ0v) is 17.1. The first kappa shape index (κ1) is 21.1. The van der Waals surface area contributed by atoms with Crippen molar-refractivity contribution in [2.24, 2.45) is 5.92 Å². The molecule has 0 aliphatic heterocycles. The molecule has 0 aromatic heterocycles. The predicted molar refractivity (Wildman–Crippen MR) is 109 cm³/mol. The summed E-state index contributed by atoms with van der Waals surface area (Å²) >= 11 is 0. The second-order valence-corrected chi connectivity index (χ2v) is 8.36. The van der Waals surface area contributed by atoms with Gasteiger partial charge in [0.15, 0.2) is 6.17 Å². The van der Waals surface area contributed by atoms with Crippen LogP contribution < -0.4 is 4.74 Å². The van der Waals surface area contributed by atoms with Crippen molar-refractivity contribution in [3.05, 3.63) is 36.2 Å². The molecular weight excluding hydrogens is 355 g/mol. The van der Waals surface area contributed by atoms with Gasteiger partial charge in [-0.3, -0.25) is 0 Å². The molecule has 3 nitrogen and oxygen atoms in total. The zero-order chi connectivity index (χ0) is 19.8. The molecule has 2 aliphatic carbocycles. The summed E-state index contributed by atoms with van der Waals surface area (Å²) in [5.41, 5.74) is 1.43. The van der Waals surface area contributed by atoms with Gasteiger partial charge in [0.1, 0.15) is 11.9 Å². The van der Waals surface area contributed by atoms with Crippen LogP contribution in [0.1, 0.15) is 82.6 Å². The van der Waals surface area contributed by atoms with E-state index < -0.39 is 12.1 Å². The maximum atomic E-state index is 13.6. The molecule has 4 heteroatoms. The lowest BCUT2D eigenvalue weighted by molar-refractivity contribution is -0.157. The standard InChI is InChI=1S/C24H34FO3/c1-2-6-23(25)24(26)28-22-13-9-18(10-14-22)17-27-21-15-11-20(12-16-21)19-7-4-3-5-8-19/h3,11-12,15-16,18-19,22-23H,2,4-10,13-14,17H2,1H3/t18?,22?,23-/m1/s1. The molecule has 155 valence electrons. The van der Waals surface area contributed by atoms with Gasteiger partial charge in [-0.1, -0.05) is 25.5 Å². The summed E-state index contributed by atoms with van der Waals surface area (Å²) in [5, 5.41) is 0. The van der Waals surface area contributed by atoms with Gasteiger partial charge in [-0.15, -0.1) is 0 Å². The van der Waals surface area contributed by atoms with Crippen molar-refractivity contribution in [1.29, 1.82) is 0 Å². The molecule has 1 aromatic rings. The number of benzene rings is 1. The molecule has 0 unspecified atom stereocenters. The van der Waals surface area contributed by atoms with Crippen molar-refractivity contribution >= 4 is 5.97 Å². The zero-order valence-electron chi connectivity index (χ0n) is 17.1. The first-order valence-electron chi connectivity index (χ1n) is 11.0. The van der Waals surface area contributed by atoms with E-state index in [-0.39, 0.29) is 12.5 Å². The second-order valence-electron chi connectivity index (χ2n) is 8.36. The van der Waals surface area contributed by atoms with Gasteiger partial charge in [0.25, 0.3) is 0 Å². The van der Waals surface area contributed by atoms with Crippen LogP contribution in [0.2, 0.25) is 0 Å². The summed E-state index contributed by atoms with van der Waals surface area (Å²) < 4.78 is 24.9. The number of hydrogen-bond donors (Lipinski definition) is 0. The van der Waals surface area contributed by atoms with Gasteiger partial charge in [-0.25, -0.2) is 9.18 Å². The molecule has 0 bridgehead atoms. The van der Waals surface area contributed by atoms with E-state index in [9.17, 15) is 9.18 Å². The first-order valence-corrected chi connectivity index (χ1v) is 11.0. The number of esters is 1. The Hall–Kier alpha value is -1.58. The maximum Gasteiger partial charge on any atom is 0.340 e. The van der Waals surface area contributed by atoms with Gasteiger partial charge >= 0.3 is 5.97 Å². The normalized spacial score (nSPS) is 24.5. The summed E-state index contributed by atoms with van der Waals surface area (Å²) in [7, 11) is 0. The molecule has 2 fully saturated rings. The van der Waals surface area contributed by atoms with Gasteiger partial charge < -0.3 is 9.47 Å². The minimum atomic E-state index is -1.47. The molecule has 1 aromatic carbocycles. The Kier molecular flexibility index (Phi) is 8.17. The lowest BCUT2D eigenvalue weighted by Crippen LogP contribution is -2.30. The predicted octanol–water partition coefficient (Wildman–Crippen LogP) is 6.17. The van der Waals surface area contributed by atoms with Crippen LogP contribution >= 0.6 is 0 Å². The Balaban J connectivity index is 1.36. The third-order valence-corrected chi connectivity index (χ3v) is 6.15. The fraction of sp³-hybridized carbons (Fsp3) is 0.667. The summed E-state index contributed by atoms with van der Waals surface area (Å²) in [6, 6.07) is 8.61. The van der Waals surface area contributed by atoms with E-state index in [1.807, 2.05) is 6.92 Å². The van der Waals surface area contributed by atoms with E-state index in [1.54, 1.807) is 0 Å². The molecule has 1 radical (unpaired) electrons. The number of rotatable bonds is 8. The SMILES string of the molecule is CCC[C@@H](F)C(=O)OC1CCC(COc2ccc(C3CC[CH]CC3)cc2)CC1. The summed E-state index contributed by atoms with van der Waals surface area (Å²) in [5.74, 6) is 1.41. The Bertz CT molecular complexity index is 586. The molecule has 0 amide bonds. The van der Waals surface area contributed by atoms with Crippen molar-refractivity contribution in [2.45, 2.75) is 89.3 Å². The van der Waals surface area contributed by atoms with Gasteiger partial charge in [-0.2, -0.15) is 0 Å². The average Bonchev–Trinajstić information content (AvgIpc) is 2.74. The van der Waals surface area contributed by atoms with E-state index in [0.717, 1.165) is 31.4 Å². The third kappa shape index (κ3) is 6.22. The van der Waals surface area contributed by atoms with Crippen LogP contribution in [0.5, 0.6) is 5.75 Å². The molecule has 2 aliphatic rings. The van der Waals surface area contributed by atoms with E-state index in [2.05, 4.69) is 30.7 Å². The van der Waals surface area contributed by atoms with Crippen molar-refractivity contribution in [3.8, 4) is 5.75 Å². The molecule has 2 saturated carbocycles. The molecule has 0 saturated heterocycles. The fourth-order valence-electron chi connectivity index (χ4n) is 4.34. The van der Waals surface area contributed by atoms with Gasteiger partial charge in [0.05, 0.1) is 6.61 Å². The van der Waals surface area contributed by atoms with Gasteiger partial charge in [0, 0.05) is 0 Å². The van der Waals surface area contributed by atoms with Crippen molar-refractivity contribution in [3.63, 3.8) is 0 Å². The summed E-state index contributed by atoms with van der Waals surface area (Å²) in [4.78, 5) is 11.7. The minimum absolute atomic E-state index is 0.133. The average molecular weight is 390 g/mol. The van der Waals surface area contributed by atoms with Gasteiger partial charge in [-0.05, 0) is 93.7 Å². The summed E-state index contributed by atoms with van der Waals surface area (Å²) in [6.07, 6.45) is 10.2. The Morgan fingerprint density at radius 3 is 2.39 bits per heavy atom. The number of carbonyl (C=O) groups excluding carboxylic acids is 1. The van der Waals surface area contributed by atoms with Crippen molar-refractivity contribution in [2.75, 3.05) is 6.61 Å². The fourth-order valence-corrected chi connectivity index (χ4v) is 4.34. The Morgan fingerprint density at radius 2 is 1.75 bits per heavy atom. The highest BCUT2D eigenvalue weighted by molar-refractivity contribution is 5.74. The number of ether oxygens (including phenoxy) is 2. The minimum Gasteiger partial charge on any atom is -0.493 e. The maximum absolute atomic E-state index is 13.6. The van der Waals surface area contributed by atoms with E-state index in [0.29, 0.717) is 24.9 Å². The number of hydrogen-bond acceptors (Lipinski definition) is 3. The van der Waals surface area contributed by atoms with Crippen LogP contribution in [0, 0.1) is 12.3 Å². The third-order valence-electron chi connectivity index (χ3n) is 6.15. The molecule has 3 rings (SSSR count). The van der Waals surface area contributed by atoms with E-state index in [4.69, 9.17) is 9.47 Å². The number of carbonyl (C=O) groups is 1. The highest BCUT2D eigenvalue weighted by Crippen LogP contribution is 2.33. The molecular formula is C24H34FO3. The lowest BCUT2D eigenvalue weighted by Gasteiger charge is -2.28. The summed E-state index contributed by atoms with van der Waals surface area (Å²) in [6.45, 7) is 2.56. The molecule has 0 spiro atoms.